The highest BCUT2D eigenvalue weighted by molar-refractivity contribution is 7.26. The molecule has 0 N–H and O–H groups in total. The number of rotatable bonds is 7. The number of nitrogens with zero attached hydrogens (tertiary/aromatic N) is 1. The van der Waals surface area contributed by atoms with Crippen molar-refractivity contribution in [1.82, 2.24) is 0 Å². The van der Waals surface area contributed by atoms with Crippen molar-refractivity contribution in [2.24, 2.45) is 0 Å². The van der Waals surface area contributed by atoms with Crippen LogP contribution in [-0.2, 0) is 5.41 Å². The molecule has 1 aromatic heterocycles. The zero-order valence-corrected chi connectivity index (χ0v) is 33.9. The zero-order chi connectivity index (χ0) is 39.5. The fourth-order valence-electron chi connectivity index (χ4n) is 9.57. The minimum atomic E-state index is -0.0649. The average Bonchev–Trinajstić information content (AvgIpc) is 3.79. The first kappa shape index (κ1) is 35.2. The molecule has 0 spiro atoms. The highest BCUT2D eigenvalue weighted by atomic mass is 32.1. The second-order valence-electron chi connectivity index (χ2n) is 16.0. The molecular formula is C57H41NS. The lowest BCUT2D eigenvalue weighted by molar-refractivity contribution is 0.660. The Labute approximate surface area is 350 Å². The van der Waals surface area contributed by atoms with E-state index in [1.807, 2.05) is 11.3 Å². The van der Waals surface area contributed by atoms with Crippen molar-refractivity contribution in [3.8, 4) is 55.6 Å². The third-order valence-corrected chi connectivity index (χ3v) is 13.4. The fraction of sp³-hybridized carbons (Fsp3) is 0.0526. The van der Waals surface area contributed by atoms with Crippen LogP contribution in [0.2, 0.25) is 0 Å². The van der Waals surface area contributed by atoms with Crippen LogP contribution in [0.5, 0.6) is 0 Å². The second-order valence-corrected chi connectivity index (χ2v) is 17.1. The number of hydrogen-bond donors (Lipinski definition) is 0. The predicted molar refractivity (Wildman–Crippen MR) is 253 cm³/mol. The Morgan fingerprint density at radius 1 is 0.356 bits per heavy atom. The maximum Gasteiger partial charge on any atom is 0.0555 e. The highest BCUT2D eigenvalue weighted by Crippen LogP contribution is 2.54. The van der Waals surface area contributed by atoms with E-state index in [1.165, 1.54) is 86.9 Å². The molecule has 9 aromatic carbocycles. The van der Waals surface area contributed by atoms with E-state index in [1.54, 1.807) is 0 Å². The van der Waals surface area contributed by atoms with Crippen molar-refractivity contribution in [3.63, 3.8) is 0 Å². The molecule has 280 valence electrons. The molecule has 0 atom stereocenters. The summed E-state index contributed by atoms with van der Waals surface area (Å²) in [6, 6.07) is 78.3. The number of benzene rings is 9. The van der Waals surface area contributed by atoms with Gasteiger partial charge in [-0.1, -0.05) is 190 Å². The molecular weight excluding hydrogens is 731 g/mol. The first-order valence-electron chi connectivity index (χ1n) is 20.4. The standard InChI is InChI=1S/C57H41NS/c1-57(2)48-29-14-11-25-44(48)47-37-40(35-36-49(47)57)42-24-12-15-30-50(42)58(52-32-18-34-54-56(52)46-27-13-16-33-53(46)59-54)51-31-17-28-43(39-21-7-4-8-22-39)55(51)45-26-10-9-23-41(45)38-19-5-3-6-20-38/h3-37H,1-2H3. The maximum atomic E-state index is 2.56. The molecule has 2 heteroatoms. The van der Waals surface area contributed by atoms with Gasteiger partial charge >= 0.3 is 0 Å². The lowest BCUT2D eigenvalue weighted by Gasteiger charge is -2.32. The van der Waals surface area contributed by atoms with Gasteiger partial charge in [0.1, 0.15) is 0 Å². The minimum absolute atomic E-state index is 0.0649. The van der Waals surface area contributed by atoms with Crippen molar-refractivity contribution >= 4 is 48.6 Å². The van der Waals surface area contributed by atoms with Crippen LogP contribution >= 0.6 is 11.3 Å². The molecule has 11 rings (SSSR count). The molecule has 0 fully saturated rings. The van der Waals surface area contributed by atoms with Gasteiger partial charge < -0.3 is 4.90 Å². The van der Waals surface area contributed by atoms with E-state index in [4.69, 9.17) is 0 Å². The summed E-state index contributed by atoms with van der Waals surface area (Å²) in [4.78, 5) is 2.56. The summed E-state index contributed by atoms with van der Waals surface area (Å²) in [7, 11) is 0. The van der Waals surface area contributed by atoms with Gasteiger partial charge in [-0.25, -0.2) is 0 Å². The Kier molecular flexibility index (Phi) is 8.43. The lowest BCUT2D eigenvalue weighted by Crippen LogP contribution is -2.15. The van der Waals surface area contributed by atoms with Gasteiger partial charge in [0.25, 0.3) is 0 Å². The summed E-state index contributed by atoms with van der Waals surface area (Å²) in [5.41, 5.74) is 18.3. The zero-order valence-electron chi connectivity index (χ0n) is 33.1. The minimum Gasteiger partial charge on any atom is -0.309 e. The summed E-state index contributed by atoms with van der Waals surface area (Å²) in [6.45, 7) is 4.71. The van der Waals surface area contributed by atoms with E-state index in [2.05, 4.69) is 231 Å². The molecule has 0 unspecified atom stereocenters. The van der Waals surface area contributed by atoms with E-state index in [-0.39, 0.29) is 5.41 Å². The Morgan fingerprint density at radius 2 is 0.898 bits per heavy atom. The van der Waals surface area contributed by atoms with Crippen molar-refractivity contribution < 1.29 is 0 Å². The molecule has 0 aliphatic heterocycles. The number of fused-ring (bicyclic) bond motifs is 6. The van der Waals surface area contributed by atoms with Crippen LogP contribution in [0, 0.1) is 0 Å². The van der Waals surface area contributed by atoms with Gasteiger partial charge in [0, 0.05) is 36.7 Å². The quantitative estimate of drug-likeness (QED) is 0.156. The highest BCUT2D eigenvalue weighted by Gasteiger charge is 2.35. The van der Waals surface area contributed by atoms with E-state index >= 15 is 0 Å². The number of anilines is 3. The van der Waals surface area contributed by atoms with Crippen molar-refractivity contribution in [1.29, 1.82) is 0 Å². The number of hydrogen-bond acceptors (Lipinski definition) is 2. The monoisotopic (exact) mass is 771 g/mol. The Hall–Kier alpha value is -7.00. The normalized spacial score (nSPS) is 12.7. The van der Waals surface area contributed by atoms with Gasteiger partial charge in [0.05, 0.1) is 17.1 Å². The molecule has 0 saturated carbocycles. The van der Waals surface area contributed by atoms with Crippen LogP contribution in [0.4, 0.5) is 17.1 Å². The molecule has 59 heavy (non-hydrogen) atoms. The Bertz CT molecular complexity index is 3190. The van der Waals surface area contributed by atoms with E-state index < -0.39 is 0 Å². The number of thiophene rings is 1. The third kappa shape index (κ3) is 5.74. The predicted octanol–water partition coefficient (Wildman–Crippen LogP) is 16.5. The molecule has 0 bridgehead atoms. The Morgan fingerprint density at radius 3 is 1.69 bits per heavy atom. The van der Waals surface area contributed by atoms with Gasteiger partial charge in [-0.05, 0) is 92.0 Å². The molecule has 0 radical (unpaired) electrons. The maximum absolute atomic E-state index is 2.56. The van der Waals surface area contributed by atoms with E-state index in [0.29, 0.717) is 0 Å². The first-order valence-corrected chi connectivity index (χ1v) is 21.3. The fourth-order valence-corrected chi connectivity index (χ4v) is 10.7. The average molecular weight is 772 g/mol. The van der Waals surface area contributed by atoms with Crippen LogP contribution in [0.25, 0.3) is 75.8 Å². The van der Waals surface area contributed by atoms with Crippen molar-refractivity contribution in [2.75, 3.05) is 4.90 Å². The smallest absolute Gasteiger partial charge is 0.0555 e. The Balaban J connectivity index is 1.24. The van der Waals surface area contributed by atoms with Crippen LogP contribution < -0.4 is 4.90 Å². The second kappa shape index (κ2) is 14.1. The van der Waals surface area contributed by atoms with Gasteiger partial charge in [-0.15, -0.1) is 11.3 Å². The van der Waals surface area contributed by atoms with Gasteiger partial charge in [-0.3, -0.25) is 0 Å². The summed E-state index contributed by atoms with van der Waals surface area (Å²) in [5.74, 6) is 0. The van der Waals surface area contributed by atoms with Crippen molar-refractivity contribution in [3.05, 3.63) is 223 Å². The van der Waals surface area contributed by atoms with Gasteiger partial charge in [0.2, 0.25) is 0 Å². The third-order valence-electron chi connectivity index (χ3n) is 12.3. The van der Waals surface area contributed by atoms with Gasteiger partial charge in [-0.2, -0.15) is 0 Å². The van der Waals surface area contributed by atoms with E-state index in [0.717, 1.165) is 17.1 Å². The summed E-state index contributed by atoms with van der Waals surface area (Å²) in [5, 5.41) is 2.53. The van der Waals surface area contributed by atoms with Crippen LogP contribution in [0.3, 0.4) is 0 Å². The first-order chi connectivity index (χ1) is 29.1. The summed E-state index contributed by atoms with van der Waals surface area (Å²) < 4.78 is 2.56. The lowest BCUT2D eigenvalue weighted by atomic mass is 9.82. The summed E-state index contributed by atoms with van der Waals surface area (Å²) in [6.07, 6.45) is 0. The molecule has 0 amide bonds. The molecule has 1 aliphatic carbocycles. The number of para-hydroxylation sites is 1. The van der Waals surface area contributed by atoms with Crippen LogP contribution in [0.15, 0.2) is 212 Å². The van der Waals surface area contributed by atoms with E-state index in [9.17, 15) is 0 Å². The topological polar surface area (TPSA) is 3.24 Å². The SMILES string of the molecule is CC1(C)c2ccccc2-c2cc(-c3ccccc3N(c3cccc(-c4ccccc4)c3-c3ccccc3-c3ccccc3)c3cccc4sc5ccccc5c34)ccc21. The van der Waals surface area contributed by atoms with Crippen molar-refractivity contribution in [2.45, 2.75) is 19.3 Å². The largest absolute Gasteiger partial charge is 0.309 e. The molecule has 0 saturated heterocycles. The van der Waals surface area contributed by atoms with Gasteiger partial charge in [0.15, 0.2) is 0 Å². The molecule has 1 aliphatic rings. The van der Waals surface area contributed by atoms with Crippen LogP contribution in [-0.4, -0.2) is 0 Å². The molecule has 10 aromatic rings. The summed E-state index contributed by atoms with van der Waals surface area (Å²) >= 11 is 1.86. The molecule has 1 heterocycles. The van der Waals surface area contributed by atoms with Crippen LogP contribution in [0.1, 0.15) is 25.0 Å². The molecule has 1 nitrogen and oxygen atoms in total.